The van der Waals surface area contributed by atoms with Gasteiger partial charge < -0.3 is 20.1 Å². The Bertz CT molecular complexity index is 933. The molecule has 1 unspecified atom stereocenters. The van der Waals surface area contributed by atoms with Crippen molar-refractivity contribution in [2.75, 3.05) is 6.61 Å². The Kier molecular flexibility index (Phi) is 5.63. The SMILES string of the molecule is CC(=O)[C@]1(O)[C@@](O)(C(C)=O)[C@]2(C(C)=O)OOS(=O)(=O)OOC2(N)O[C@@]1(CO)C(C)=O. The first-order valence-electron chi connectivity index (χ1n) is 8.04. The maximum Gasteiger partial charge on any atom is 0.453 e. The molecule has 2 heterocycles. The van der Waals surface area contributed by atoms with Crippen LogP contribution in [-0.2, 0) is 52.8 Å². The fraction of sp³-hybridized carbons (Fsp3) is 0.714. The number of ketones is 4. The maximum atomic E-state index is 12.6. The van der Waals surface area contributed by atoms with Gasteiger partial charge in [-0.15, -0.1) is 0 Å². The number of hydrogen-bond donors (Lipinski definition) is 4. The summed E-state index contributed by atoms with van der Waals surface area (Å²) in [6, 6.07) is 0. The number of aliphatic hydroxyl groups is 3. The predicted molar refractivity (Wildman–Crippen MR) is 86.4 cm³/mol. The molecule has 0 aromatic rings. The van der Waals surface area contributed by atoms with Crippen LogP contribution in [0.4, 0.5) is 0 Å². The number of Topliss-reactive ketones (excluding diaryl/α,β-unsaturated/α-hetero) is 4. The third-order valence-corrected chi connectivity index (χ3v) is 5.69. The van der Waals surface area contributed by atoms with Crippen LogP contribution in [0, 0.1) is 0 Å². The van der Waals surface area contributed by atoms with Crippen molar-refractivity contribution in [3.63, 3.8) is 0 Å². The summed E-state index contributed by atoms with van der Waals surface area (Å²) in [5, 5.41) is 32.6. The highest BCUT2D eigenvalue weighted by atomic mass is 32.3. The minimum absolute atomic E-state index is 0.538. The van der Waals surface area contributed by atoms with Crippen LogP contribution in [0.15, 0.2) is 0 Å². The van der Waals surface area contributed by atoms with Crippen LogP contribution in [0.1, 0.15) is 27.7 Å². The molecule has 2 aliphatic heterocycles. The van der Waals surface area contributed by atoms with E-state index < -0.39 is 68.5 Å². The second-order valence-electron chi connectivity index (χ2n) is 6.79. The normalized spacial score (nSPS) is 43.2. The molecule has 0 aliphatic carbocycles. The predicted octanol–water partition coefficient (Wildman–Crippen LogP) is -3.93. The van der Waals surface area contributed by atoms with Crippen LogP contribution in [-0.4, -0.2) is 81.8 Å². The van der Waals surface area contributed by atoms with Gasteiger partial charge in [-0.2, -0.15) is 18.2 Å². The van der Waals surface area contributed by atoms with Crippen molar-refractivity contribution in [1.82, 2.24) is 0 Å². The van der Waals surface area contributed by atoms with Crippen molar-refractivity contribution in [2.24, 2.45) is 5.73 Å². The molecule has 2 aliphatic rings. The Balaban J connectivity index is 3.16. The molecule has 0 aromatic heterocycles. The van der Waals surface area contributed by atoms with E-state index in [1.54, 1.807) is 0 Å². The zero-order valence-electron chi connectivity index (χ0n) is 16.0. The van der Waals surface area contributed by atoms with E-state index in [1.807, 2.05) is 0 Å². The van der Waals surface area contributed by atoms with Gasteiger partial charge in [-0.1, -0.05) is 8.67 Å². The number of ether oxygens (including phenoxy) is 1. The van der Waals surface area contributed by atoms with Crippen LogP contribution < -0.4 is 5.73 Å². The van der Waals surface area contributed by atoms with Crippen LogP contribution in [0.2, 0.25) is 0 Å². The molecule has 0 aromatic carbocycles. The van der Waals surface area contributed by atoms with Crippen LogP contribution in [0.5, 0.6) is 0 Å². The van der Waals surface area contributed by atoms with Gasteiger partial charge in [0.1, 0.15) is 0 Å². The van der Waals surface area contributed by atoms with Crippen molar-refractivity contribution in [3.05, 3.63) is 0 Å². The molecule has 0 saturated carbocycles. The number of carbonyl (C=O) groups excluding carboxylic acids is 4. The third-order valence-electron chi connectivity index (χ3n) is 5.22. The van der Waals surface area contributed by atoms with E-state index in [0.717, 1.165) is 0 Å². The lowest BCUT2D eigenvalue weighted by Gasteiger charge is -2.62. The van der Waals surface area contributed by atoms with Crippen LogP contribution >= 0.6 is 0 Å². The van der Waals surface area contributed by atoms with Crippen LogP contribution in [0.3, 0.4) is 0 Å². The summed E-state index contributed by atoms with van der Waals surface area (Å²) in [4.78, 5) is 59.2. The molecule has 15 nitrogen and oxygen atoms in total. The zero-order valence-corrected chi connectivity index (χ0v) is 16.8. The van der Waals surface area contributed by atoms with Crippen molar-refractivity contribution in [3.8, 4) is 0 Å². The van der Waals surface area contributed by atoms with Gasteiger partial charge in [0.25, 0.3) is 5.60 Å². The van der Waals surface area contributed by atoms with Gasteiger partial charge in [0, 0.05) is 0 Å². The number of nitrogens with two attached hydrogens (primary N) is 1. The highest BCUT2D eigenvalue weighted by Crippen LogP contribution is 2.56. The summed E-state index contributed by atoms with van der Waals surface area (Å²) < 4.78 is 36.2. The van der Waals surface area contributed by atoms with Crippen molar-refractivity contribution >= 4 is 33.5 Å². The lowest BCUT2D eigenvalue weighted by molar-refractivity contribution is -0.502. The summed E-state index contributed by atoms with van der Waals surface area (Å²) in [5.74, 6) is -9.75. The Morgan fingerprint density at radius 3 is 1.67 bits per heavy atom. The molecule has 30 heavy (non-hydrogen) atoms. The number of aliphatic hydroxyl groups excluding tert-OH is 1. The van der Waals surface area contributed by atoms with Gasteiger partial charge in [-0.3, -0.25) is 24.9 Å². The Morgan fingerprint density at radius 2 is 1.30 bits per heavy atom. The molecule has 0 amide bonds. The summed E-state index contributed by atoms with van der Waals surface area (Å²) >= 11 is 0. The average Bonchev–Trinajstić information content (AvgIpc) is 2.72. The minimum Gasteiger partial charge on any atom is -0.393 e. The monoisotopic (exact) mass is 457 g/mol. The van der Waals surface area contributed by atoms with E-state index in [1.165, 1.54) is 0 Å². The maximum absolute atomic E-state index is 12.6. The first kappa shape index (κ1) is 24.5. The van der Waals surface area contributed by atoms with E-state index in [-0.39, 0.29) is 0 Å². The van der Waals surface area contributed by atoms with Gasteiger partial charge in [-0.25, -0.2) is 0 Å². The van der Waals surface area contributed by atoms with E-state index in [0.29, 0.717) is 27.7 Å². The summed E-state index contributed by atoms with van der Waals surface area (Å²) in [5.41, 5.74) is -8.86. The first-order chi connectivity index (χ1) is 13.5. The quantitative estimate of drug-likeness (QED) is 0.288. The van der Waals surface area contributed by atoms with Crippen LogP contribution in [0.25, 0.3) is 0 Å². The Morgan fingerprint density at radius 1 is 0.833 bits per heavy atom. The second-order valence-corrected chi connectivity index (χ2v) is 7.88. The molecule has 16 heteroatoms. The molecular formula is C14H19NO14S. The zero-order chi connectivity index (χ0) is 23.6. The van der Waals surface area contributed by atoms with Gasteiger partial charge in [-0.05, 0) is 27.7 Å². The Labute approximate surface area is 168 Å². The first-order valence-corrected chi connectivity index (χ1v) is 9.37. The number of rotatable bonds is 5. The molecular weight excluding hydrogens is 438 g/mol. The molecule has 0 bridgehead atoms. The van der Waals surface area contributed by atoms with E-state index in [9.17, 15) is 42.9 Å². The summed E-state index contributed by atoms with van der Waals surface area (Å²) in [6.07, 6.45) is 0. The summed E-state index contributed by atoms with van der Waals surface area (Å²) in [7, 11) is -5.28. The van der Waals surface area contributed by atoms with E-state index in [2.05, 4.69) is 18.4 Å². The van der Waals surface area contributed by atoms with Crippen molar-refractivity contribution < 1.29 is 66.1 Å². The number of hydrogen-bond acceptors (Lipinski definition) is 15. The molecule has 5 N–H and O–H groups in total. The number of fused-ring (bicyclic) bond motifs is 1. The molecule has 2 rings (SSSR count). The molecule has 2 fully saturated rings. The smallest absolute Gasteiger partial charge is 0.393 e. The average molecular weight is 457 g/mol. The van der Waals surface area contributed by atoms with Gasteiger partial charge >= 0.3 is 16.3 Å². The minimum atomic E-state index is -5.28. The summed E-state index contributed by atoms with van der Waals surface area (Å²) in [6.45, 7) is 0.742. The van der Waals surface area contributed by atoms with E-state index in [4.69, 9.17) is 10.5 Å². The fourth-order valence-electron chi connectivity index (χ4n) is 3.78. The van der Waals surface area contributed by atoms with Gasteiger partial charge in [0.2, 0.25) is 11.2 Å². The molecule has 5 atom stereocenters. The highest BCUT2D eigenvalue weighted by molar-refractivity contribution is 7.81. The Hall–Kier alpha value is -1.73. The lowest BCUT2D eigenvalue weighted by atomic mass is 9.55. The van der Waals surface area contributed by atoms with Crippen molar-refractivity contribution in [2.45, 2.75) is 56.0 Å². The topological polar surface area (TPSA) is 235 Å². The van der Waals surface area contributed by atoms with Gasteiger partial charge in [0.15, 0.2) is 28.7 Å². The van der Waals surface area contributed by atoms with E-state index >= 15 is 0 Å². The standard InChI is InChI=1S/C14H19NO14S/c1-6(17)10(5-16)11(21,7(2)18)12(22,8(3)19)13(9(4)20)14(15,25-10)27-29-30(23,24)28-26-13/h16,21-22H,5,15H2,1-4H3/t10-,11+,12-,13-,14?/m0/s1. The number of carbonyl (C=O) groups is 4. The third kappa shape index (κ3) is 2.54. The van der Waals surface area contributed by atoms with Crippen molar-refractivity contribution in [1.29, 1.82) is 0 Å². The molecule has 0 radical (unpaired) electrons. The fourth-order valence-corrected chi connectivity index (χ4v) is 4.17. The molecule has 0 spiro atoms. The second kappa shape index (κ2) is 6.89. The largest absolute Gasteiger partial charge is 0.453 e. The molecule has 2 saturated heterocycles. The highest BCUT2D eigenvalue weighted by Gasteiger charge is 2.90. The van der Waals surface area contributed by atoms with Gasteiger partial charge in [0.05, 0.1) is 6.61 Å². The lowest BCUT2D eigenvalue weighted by Crippen LogP contribution is -2.95. The molecule has 170 valence electrons.